The molecular formula is C12H12FNO2S. The van der Waals surface area contributed by atoms with E-state index in [0.717, 1.165) is 11.1 Å². The lowest BCUT2D eigenvalue weighted by Gasteiger charge is -1.99. The van der Waals surface area contributed by atoms with Gasteiger partial charge in [-0.15, -0.1) is 3.89 Å². The van der Waals surface area contributed by atoms with E-state index in [1.807, 2.05) is 31.2 Å². The van der Waals surface area contributed by atoms with Gasteiger partial charge in [-0.05, 0) is 24.6 Å². The highest BCUT2D eigenvalue weighted by atomic mass is 32.3. The minimum absolute atomic E-state index is 0.0658. The van der Waals surface area contributed by atoms with Crippen molar-refractivity contribution in [1.82, 2.24) is 0 Å². The third-order valence-electron chi connectivity index (χ3n) is 2.28. The molecule has 1 aromatic carbocycles. The Bertz CT molecular complexity index is 596. The Morgan fingerprint density at radius 3 is 2.59 bits per heavy atom. The van der Waals surface area contributed by atoms with Crippen molar-refractivity contribution in [3.05, 3.63) is 53.8 Å². The van der Waals surface area contributed by atoms with Crippen molar-refractivity contribution in [3.63, 3.8) is 0 Å². The zero-order chi connectivity index (χ0) is 12.3. The molecule has 2 rings (SSSR count). The molecule has 0 saturated heterocycles. The summed E-state index contributed by atoms with van der Waals surface area (Å²) in [5, 5.41) is -0.232. The molecule has 1 aromatic heterocycles. The molecule has 1 unspecified atom stereocenters. The lowest BCUT2D eigenvalue weighted by atomic mass is 10.2. The fourth-order valence-electron chi connectivity index (χ4n) is 1.32. The second-order valence-corrected chi connectivity index (χ2v) is 5.24. The molecule has 3 nitrogen and oxygen atoms in total. The summed E-state index contributed by atoms with van der Waals surface area (Å²) in [4.78, 5) is 0. The molecule has 0 N–H and O–H groups in total. The highest BCUT2D eigenvalue weighted by Gasteiger charge is 2.13. The van der Waals surface area contributed by atoms with Crippen LogP contribution in [0.15, 0.2) is 56.5 Å². The number of benzene rings is 1. The van der Waals surface area contributed by atoms with Crippen molar-refractivity contribution in [1.29, 1.82) is 0 Å². The van der Waals surface area contributed by atoms with E-state index in [0.29, 0.717) is 0 Å². The van der Waals surface area contributed by atoms with E-state index in [4.69, 9.17) is 4.42 Å². The largest absolute Gasteiger partial charge is 0.452 e. The Morgan fingerprint density at radius 1 is 1.29 bits per heavy atom. The molecule has 90 valence electrons. The van der Waals surface area contributed by atoms with Crippen molar-refractivity contribution < 1.29 is 12.5 Å². The van der Waals surface area contributed by atoms with E-state index >= 15 is 0 Å². The molecule has 0 bridgehead atoms. The minimum Gasteiger partial charge on any atom is -0.452 e. The lowest BCUT2D eigenvalue weighted by molar-refractivity contribution is 0.453. The lowest BCUT2D eigenvalue weighted by Crippen LogP contribution is -1.92. The first-order valence-corrected chi connectivity index (χ1v) is 6.51. The van der Waals surface area contributed by atoms with Crippen LogP contribution < -0.4 is 0 Å². The van der Waals surface area contributed by atoms with E-state index < -0.39 is 10.1 Å². The number of hydrogen-bond acceptors (Lipinski definition) is 3. The van der Waals surface area contributed by atoms with Gasteiger partial charge >= 0.3 is 0 Å². The maximum atomic E-state index is 13.7. The van der Waals surface area contributed by atoms with Crippen LogP contribution in [0.1, 0.15) is 11.1 Å². The number of aryl methyl sites for hydroxylation is 1. The Kier molecular flexibility index (Phi) is 3.28. The summed E-state index contributed by atoms with van der Waals surface area (Å²) >= 11 is 0. The molecule has 0 saturated carbocycles. The quantitative estimate of drug-likeness (QED) is 0.786. The van der Waals surface area contributed by atoms with Gasteiger partial charge in [-0.2, -0.15) is 4.36 Å². The molecule has 0 aliphatic carbocycles. The summed E-state index contributed by atoms with van der Waals surface area (Å²) in [6.07, 6.45) is 1.27. The molecule has 0 radical (unpaired) electrons. The predicted molar refractivity (Wildman–Crippen MR) is 63.5 cm³/mol. The molecule has 2 aromatic rings. The smallest absolute Gasteiger partial charge is 0.264 e. The SMILES string of the molecule is Cc1ccc(CN=S(=O)(F)c2ccco2)cc1. The predicted octanol–water partition coefficient (Wildman–Crippen LogP) is 3.50. The standard InChI is InChI=1S/C12H12FNO2S/c1-10-4-6-11(7-5-10)9-14-17(13,15)12-3-2-8-16-12/h2-8H,9H2,1H3. The van der Waals surface area contributed by atoms with Gasteiger partial charge in [0.05, 0.1) is 12.8 Å². The molecule has 0 aliphatic rings. The average Bonchev–Trinajstić information content (AvgIpc) is 2.82. The van der Waals surface area contributed by atoms with E-state index in [1.165, 1.54) is 18.4 Å². The van der Waals surface area contributed by atoms with E-state index in [-0.39, 0.29) is 11.6 Å². The fraction of sp³-hybridized carbons (Fsp3) is 0.167. The summed E-state index contributed by atoms with van der Waals surface area (Å²) in [7, 11) is -3.92. The molecule has 0 aliphatic heterocycles. The molecule has 0 spiro atoms. The molecule has 5 heteroatoms. The van der Waals surface area contributed by atoms with Crippen molar-refractivity contribution in [2.75, 3.05) is 0 Å². The normalized spacial score (nSPS) is 14.2. The summed E-state index contributed by atoms with van der Waals surface area (Å²) in [5.74, 6) is 0. The number of furan rings is 1. The second-order valence-electron chi connectivity index (χ2n) is 3.66. The van der Waals surface area contributed by atoms with Crippen LogP contribution in [0.4, 0.5) is 3.89 Å². The Morgan fingerprint density at radius 2 is 2.00 bits per heavy atom. The number of rotatable bonds is 3. The monoisotopic (exact) mass is 253 g/mol. The molecule has 1 atom stereocenters. The first kappa shape index (κ1) is 11.9. The Hall–Kier alpha value is -1.62. The third kappa shape index (κ3) is 2.94. The van der Waals surface area contributed by atoms with Crippen LogP contribution in [0.3, 0.4) is 0 Å². The van der Waals surface area contributed by atoms with E-state index in [9.17, 15) is 8.09 Å². The summed E-state index contributed by atoms with van der Waals surface area (Å²) in [6, 6.07) is 10.3. The van der Waals surface area contributed by atoms with Gasteiger partial charge in [-0.25, -0.2) is 4.21 Å². The Labute approximate surface area is 99.8 Å². The second kappa shape index (κ2) is 4.71. The van der Waals surface area contributed by atoms with Crippen molar-refractivity contribution in [3.8, 4) is 0 Å². The molecule has 0 amide bonds. The van der Waals surface area contributed by atoms with Gasteiger partial charge in [0.2, 0.25) is 5.09 Å². The van der Waals surface area contributed by atoms with Gasteiger partial charge in [-0.1, -0.05) is 29.8 Å². The van der Waals surface area contributed by atoms with Crippen LogP contribution in [-0.2, 0) is 16.7 Å². The average molecular weight is 253 g/mol. The summed E-state index contributed by atoms with van der Waals surface area (Å²) in [6.45, 7) is 2.03. The van der Waals surface area contributed by atoms with Gasteiger partial charge in [0, 0.05) is 0 Å². The van der Waals surface area contributed by atoms with Crippen LogP contribution in [0.5, 0.6) is 0 Å². The zero-order valence-corrected chi connectivity index (χ0v) is 10.1. The van der Waals surface area contributed by atoms with Gasteiger partial charge in [0.25, 0.3) is 10.1 Å². The maximum absolute atomic E-state index is 13.7. The van der Waals surface area contributed by atoms with Gasteiger partial charge < -0.3 is 4.42 Å². The first-order chi connectivity index (χ1) is 8.08. The topological polar surface area (TPSA) is 42.6 Å². The van der Waals surface area contributed by atoms with E-state index in [1.54, 1.807) is 0 Å². The minimum atomic E-state index is -3.92. The van der Waals surface area contributed by atoms with Crippen molar-refractivity contribution >= 4 is 10.1 Å². The van der Waals surface area contributed by atoms with Gasteiger partial charge in [0.1, 0.15) is 0 Å². The maximum Gasteiger partial charge on any atom is 0.264 e. The summed E-state index contributed by atoms with van der Waals surface area (Å²) < 4.78 is 33.6. The highest BCUT2D eigenvalue weighted by Crippen LogP contribution is 2.17. The van der Waals surface area contributed by atoms with Crippen LogP contribution in [0.25, 0.3) is 0 Å². The highest BCUT2D eigenvalue weighted by molar-refractivity contribution is 7.88. The van der Waals surface area contributed by atoms with Crippen LogP contribution in [-0.4, -0.2) is 4.21 Å². The molecule has 0 fully saturated rings. The molecular weight excluding hydrogens is 241 g/mol. The van der Waals surface area contributed by atoms with Crippen LogP contribution in [0.2, 0.25) is 0 Å². The van der Waals surface area contributed by atoms with Gasteiger partial charge in [0.15, 0.2) is 0 Å². The zero-order valence-electron chi connectivity index (χ0n) is 9.30. The summed E-state index contributed by atoms with van der Waals surface area (Å²) in [5.41, 5.74) is 1.92. The van der Waals surface area contributed by atoms with Crippen LogP contribution >= 0.6 is 0 Å². The number of halogens is 1. The van der Waals surface area contributed by atoms with Gasteiger partial charge in [-0.3, -0.25) is 0 Å². The number of nitrogens with zero attached hydrogens (tertiary/aromatic N) is 1. The fourth-order valence-corrected chi connectivity index (χ4v) is 2.18. The number of hydrogen-bond donors (Lipinski definition) is 0. The Balaban J connectivity index is 2.21. The van der Waals surface area contributed by atoms with E-state index in [2.05, 4.69) is 4.36 Å². The third-order valence-corrected chi connectivity index (χ3v) is 3.47. The first-order valence-electron chi connectivity index (χ1n) is 5.09. The molecule has 17 heavy (non-hydrogen) atoms. The van der Waals surface area contributed by atoms with Crippen molar-refractivity contribution in [2.45, 2.75) is 18.6 Å². The van der Waals surface area contributed by atoms with Crippen molar-refractivity contribution in [2.24, 2.45) is 4.36 Å². The van der Waals surface area contributed by atoms with Crippen LogP contribution in [0, 0.1) is 6.92 Å². The molecule has 1 heterocycles.